The summed E-state index contributed by atoms with van der Waals surface area (Å²) in [5, 5.41) is 3.08. The van der Waals surface area contributed by atoms with Gasteiger partial charge < -0.3 is 11.1 Å². The minimum absolute atomic E-state index is 0.0134. The number of aliphatic imine (C=N–C) groups is 1. The SMILES string of the molecule is CC(=O)C1=C(c2ccccc2)NC(N)=NC1c1ccc(C(C)C)cc1. The molecule has 1 aliphatic rings. The third kappa shape index (κ3) is 3.48. The van der Waals surface area contributed by atoms with Crippen molar-refractivity contribution in [2.75, 3.05) is 0 Å². The monoisotopic (exact) mass is 333 g/mol. The van der Waals surface area contributed by atoms with Crippen molar-refractivity contribution in [3.05, 3.63) is 76.9 Å². The summed E-state index contributed by atoms with van der Waals surface area (Å²) in [5.41, 5.74) is 10.5. The highest BCUT2D eigenvalue weighted by atomic mass is 16.1. The van der Waals surface area contributed by atoms with Crippen molar-refractivity contribution in [3.8, 4) is 0 Å². The molecule has 0 saturated carbocycles. The number of nitrogens with one attached hydrogen (secondary N) is 1. The molecule has 0 spiro atoms. The first-order valence-electron chi connectivity index (χ1n) is 8.48. The molecule has 3 N–H and O–H groups in total. The van der Waals surface area contributed by atoms with Crippen molar-refractivity contribution in [2.45, 2.75) is 32.7 Å². The third-order valence-corrected chi connectivity index (χ3v) is 4.42. The number of ketones is 1. The molecular formula is C21H23N3O. The lowest BCUT2D eigenvalue weighted by Crippen LogP contribution is -2.36. The van der Waals surface area contributed by atoms with Gasteiger partial charge in [-0.15, -0.1) is 0 Å². The summed E-state index contributed by atoms with van der Waals surface area (Å²) in [5.74, 6) is 0.765. The topological polar surface area (TPSA) is 67.5 Å². The Morgan fingerprint density at radius 3 is 2.28 bits per heavy atom. The first kappa shape index (κ1) is 17.0. The number of nitrogens with zero attached hydrogens (tertiary/aromatic N) is 1. The van der Waals surface area contributed by atoms with Gasteiger partial charge in [0.1, 0.15) is 6.04 Å². The lowest BCUT2D eigenvalue weighted by atomic mass is 9.90. The van der Waals surface area contributed by atoms with E-state index in [1.807, 2.05) is 42.5 Å². The Hall–Kier alpha value is -2.88. The Morgan fingerprint density at radius 2 is 1.72 bits per heavy atom. The van der Waals surface area contributed by atoms with Crippen LogP contribution in [0, 0.1) is 0 Å². The van der Waals surface area contributed by atoms with E-state index in [0.29, 0.717) is 17.5 Å². The Labute approximate surface area is 148 Å². The molecule has 1 aliphatic heterocycles. The smallest absolute Gasteiger partial charge is 0.194 e. The number of guanidine groups is 1. The van der Waals surface area contributed by atoms with Crippen LogP contribution in [0.4, 0.5) is 0 Å². The van der Waals surface area contributed by atoms with E-state index >= 15 is 0 Å². The van der Waals surface area contributed by atoms with Gasteiger partial charge in [0.15, 0.2) is 11.7 Å². The molecule has 2 aromatic carbocycles. The van der Waals surface area contributed by atoms with Crippen molar-refractivity contribution in [1.82, 2.24) is 5.32 Å². The average molecular weight is 333 g/mol. The summed E-state index contributed by atoms with van der Waals surface area (Å²) >= 11 is 0. The van der Waals surface area contributed by atoms with Crippen molar-refractivity contribution in [2.24, 2.45) is 10.7 Å². The summed E-state index contributed by atoms with van der Waals surface area (Å²) in [4.78, 5) is 17.0. The Balaban J connectivity index is 2.11. The lowest BCUT2D eigenvalue weighted by Gasteiger charge is -2.26. The van der Waals surface area contributed by atoms with E-state index in [4.69, 9.17) is 5.73 Å². The highest BCUT2D eigenvalue weighted by molar-refractivity contribution is 6.06. The van der Waals surface area contributed by atoms with Crippen LogP contribution in [0.25, 0.3) is 5.70 Å². The van der Waals surface area contributed by atoms with E-state index in [9.17, 15) is 4.79 Å². The second-order valence-electron chi connectivity index (χ2n) is 6.57. The predicted molar refractivity (Wildman–Crippen MR) is 102 cm³/mol. The van der Waals surface area contributed by atoms with Crippen molar-refractivity contribution in [1.29, 1.82) is 0 Å². The number of hydrogen-bond donors (Lipinski definition) is 2. The Bertz CT molecular complexity index is 833. The summed E-state index contributed by atoms with van der Waals surface area (Å²) in [6.45, 7) is 5.89. The quantitative estimate of drug-likeness (QED) is 0.895. The van der Waals surface area contributed by atoms with Gasteiger partial charge >= 0.3 is 0 Å². The number of hydrogen-bond acceptors (Lipinski definition) is 4. The lowest BCUT2D eigenvalue weighted by molar-refractivity contribution is -0.113. The minimum atomic E-state index is -0.393. The van der Waals surface area contributed by atoms with E-state index in [1.54, 1.807) is 6.92 Å². The second-order valence-corrected chi connectivity index (χ2v) is 6.57. The van der Waals surface area contributed by atoms with Gasteiger partial charge in [0.25, 0.3) is 0 Å². The Kier molecular flexibility index (Phi) is 4.70. The number of carbonyl (C=O) groups excluding carboxylic acids is 1. The zero-order chi connectivity index (χ0) is 18.0. The van der Waals surface area contributed by atoms with Crippen LogP contribution in [-0.4, -0.2) is 11.7 Å². The van der Waals surface area contributed by atoms with E-state index in [0.717, 1.165) is 16.8 Å². The molecule has 0 aromatic heterocycles. The van der Waals surface area contributed by atoms with E-state index < -0.39 is 6.04 Å². The van der Waals surface area contributed by atoms with Crippen molar-refractivity contribution < 1.29 is 4.79 Å². The minimum Gasteiger partial charge on any atom is -0.370 e. The molecule has 4 heteroatoms. The van der Waals surface area contributed by atoms with Gasteiger partial charge in [-0.05, 0) is 29.5 Å². The zero-order valence-electron chi connectivity index (χ0n) is 14.8. The van der Waals surface area contributed by atoms with Crippen LogP contribution in [0.2, 0.25) is 0 Å². The first-order valence-corrected chi connectivity index (χ1v) is 8.48. The second kappa shape index (κ2) is 6.93. The molecule has 25 heavy (non-hydrogen) atoms. The summed E-state index contributed by atoms with van der Waals surface area (Å²) < 4.78 is 0. The van der Waals surface area contributed by atoms with Gasteiger partial charge in [-0.3, -0.25) is 4.79 Å². The highest BCUT2D eigenvalue weighted by Crippen LogP contribution is 2.34. The van der Waals surface area contributed by atoms with E-state index in [1.165, 1.54) is 5.56 Å². The maximum absolute atomic E-state index is 12.4. The summed E-state index contributed by atoms with van der Waals surface area (Å²) in [7, 11) is 0. The number of rotatable bonds is 4. The third-order valence-electron chi connectivity index (χ3n) is 4.42. The van der Waals surface area contributed by atoms with Crippen molar-refractivity contribution in [3.63, 3.8) is 0 Å². The van der Waals surface area contributed by atoms with Gasteiger partial charge in [-0.2, -0.15) is 0 Å². The van der Waals surface area contributed by atoms with Gasteiger partial charge in [0.05, 0.1) is 5.70 Å². The maximum Gasteiger partial charge on any atom is 0.194 e. The highest BCUT2D eigenvalue weighted by Gasteiger charge is 2.28. The van der Waals surface area contributed by atoms with E-state index in [-0.39, 0.29) is 5.78 Å². The molecule has 1 heterocycles. The molecule has 0 aliphatic carbocycles. The summed E-state index contributed by atoms with van der Waals surface area (Å²) in [6, 6.07) is 17.6. The van der Waals surface area contributed by atoms with Crippen LogP contribution in [0.5, 0.6) is 0 Å². The number of Topliss-reactive ketones (excluding diaryl/α,β-unsaturated/α-hetero) is 1. The molecule has 1 atom stereocenters. The normalized spacial score (nSPS) is 17.3. The standard InChI is InChI=1S/C21H23N3O/c1-13(2)15-9-11-17(12-10-15)20-18(14(3)25)19(23-21(22)24-20)16-7-5-4-6-8-16/h4-13,20H,1-3H3,(H3,22,23,24). The fourth-order valence-corrected chi connectivity index (χ4v) is 3.07. The Morgan fingerprint density at radius 1 is 1.08 bits per heavy atom. The maximum atomic E-state index is 12.4. The molecule has 0 bridgehead atoms. The fraction of sp³-hybridized carbons (Fsp3) is 0.238. The first-order chi connectivity index (χ1) is 12.0. The van der Waals surface area contributed by atoms with Crippen LogP contribution in [0.15, 0.2) is 65.2 Å². The van der Waals surface area contributed by atoms with Crippen LogP contribution < -0.4 is 11.1 Å². The molecule has 128 valence electrons. The summed E-state index contributed by atoms with van der Waals surface area (Å²) in [6.07, 6.45) is 0. The molecule has 0 saturated heterocycles. The van der Waals surface area contributed by atoms with Crippen LogP contribution in [0.3, 0.4) is 0 Å². The molecule has 4 nitrogen and oxygen atoms in total. The van der Waals surface area contributed by atoms with Crippen molar-refractivity contribution >= 4 is 17.4 Å². The molecular weight excluding hydrogens is 310 g/mol. The fourth-order valence-electron chi connectivity index (χ4n) is 3.07. The predicted octanol–water partition coefficient (Wildman–Crippen LogP) is 3.77. The van der Waals surface area contributed by atoms with Gasteiger partial charge in [0.2, 0.25) is 0 Å². The van der Waals surface area contributed by atoms with Gasteiger partial charge in [0, 0.05) is 5.57 Å². The van der Waals surface area contributed by atoms with E-state index in [2.05, 4.69) is 36.3 Å². The largest absolute Gasteiger partial charge is 0.370 e. The molecule has 0 amide bonds. The molecule has 0 fully saturated rings. The molecule has 0 radical (unpaired) electrons. The van der Waals surface area contributed by atoms with Crippen LogP contribution in [-0.2, 0) is 4.79 Å². The number of carbonyl (C=O) groups is 1. The molecule has 1 unspecified atom stereocenters. The average Bonchev–Trinajstić information content (AvgIpc) is 2.61. The van der Waals surface area contributed by atoms with Crippen LogP contribution >= 0.6 is 0 Å². The number of nitrogens with two attached hydrogens (primary N) is 1. The van der Waals surface area contributed by atoms with Gasteiger partial charge in [-0.25, -0.2) is 4.99 Å². The number of benzene rings is 2. The molecule has 2 aromatic rings. The van der Waals surface area contributed by atoms with Crippen LogP contribution in [0.1, 0.15) is 49.4 Å². The molecule has 3 rings (SSSR count). The van der Waals surface area contributed by atoms with Gasteiger partial charge in [-0.1, -0.05) is 68.4 Å². The zero-order valence-corrected chi connectivity index (χ0v) is 14.8.